The number of halogens is 1. The molecule has 0 spiro atoms. The molecule has 0 amide bonds. The van der Waals surface area contributed by atoms with E-state index in [1.807, 2.05) is 12.1 Å². The molecule has 0 N–H and O–H groups in total. The van der Waals surface area contributed by atoms with E-state index >= 15 is 0 Å². The molecule has 2 heteroatoms. The Morgan fingerprint density at radius 1 is 0.677 bits per heavy atom. The number of rotatable bonds is 5. The molecule has 0 aliphatic carbocycles. The van der Waals surface area contributed by atoms with Gasteiger partial charge in [0.25, 0.3) is 0 Å². The van der Waals surface area contributed by atoms with Gasteiger partial charge in [-0.15, -0.1) is 0 Å². The number of aryl methyl sites for hydroxylation is 1. The van der Waals surface area contributed by atoms with E-state index < -0.39 is 0 Å². The summed E-state index contributed by atoms with van der Waals surface area (Å²) in [5.41, 5.74) is 4.49. The van der Waals surface area contributed by atoms with Crippen molar-refractivity contribution >= 4 is 0 Å². The minimum absolute atomic E-state index is 0.354. The minimum Gasteiger partial charge on any atom is -0.206 e. The summed E-state index contributed by atoms with van der Waals surface area (Å²) >= 11 is 0. The highest BCUT2D eigenvalue weighted by Gasteiger charge is 2.00. The summed E-state index contributed by atoms with van der Waals surface area (Å²) in [6, 6.07) is 22.1. The van der Waals surface area contributed by atoms with Crippen molar-refractivity contribution in [2.45, 2.75) is 39.0 Å². The van der Waals surface area contributed by atoms with Crippen LogP contribution in [-0.2, 0) is 6.42 Å². The highest BCUT2D eigenvalue weighted by Crippen LogP contribution is 2.12. The van der Waals surface area contributed by atoms with Crippen LogP contribution in [0.25, 0.3) is 0 Å². The molecule has 3 aromatic carbocycles. The van der Waals surface area contributed by atoms with Gasteiger partial charge in [-0.05, 0) is 73.0 Å². The van der Waals surface area contributed by atoms with Gasteiger partial charge in [-0.1, -0.05) is 62.0 Å². The van der Waals surface area contributed by atoms with Gasteiger partial charge in [-0.3, -0.25) is 0 Å². The number of nitriles is 1. The maximum Gasteiger partial charge on any atom is 0.140 e. The van der Waals surface area contributed by atoms with Gasteiger partial charge in [-0.2, -0.15) is 5.26 Å². The van der Waals surface area contributed by atoms with Crippen molar-refractivity contribution in [3.63, 3.8) is 0 Å². The van der Waals surface area contributed by atoms with E-state index in [1.165, 1.54) is 37.3 Å². The van der Waals surface area contributed by atoms with Gasteiger partial charge in [0.1, 0.15) is 5.82 Å². The van der Waals surface area contributed by atoms with Crippen LogP contribution in [0.5, 0.6) is 0 Å². The summed E-state index contributed by atoms with van der Waals surface area (Å²) in [5.74, 6) is 11.5. The summed E-state index contributed by atoms with van der Waals surface area (Å²) in [6.07, 6.45) is 6.10. The second kappa shape index (κ2) is 11.4. The fourth-order valence-electron chi connectivity index (χ4n) is 3.12. The lowest BCUT2D eigenvalue weighted by Crippen LogP contribution is -1.87. The third-order valence-corrected chi connectivity index (χ3v) is 4.95. The average molecular weight is 406 g/mol. The van der Waals surface area contributed by atoms with Crippen LogP contribution in [0.3, 0.4) is 0 Å². The molecular weight excluding hydrogens is 381 g/mol. The number of benzene rings is 3. The fourth-order valence-corrected chi connectivity index (χ4v) is 3.12. The zero-order chi connectivity index (χ0) is 21.9. The largest absolute Gasteiger partial charge is 0.206 e. The van der Waals surface area contributed by atoms with E-state index in [1.54, 1.807) is 36.4 Å². The first-order valence-electron chi connectivity index (χ1n) is 10.6. The van der Waals surface area contributed by atoms with Crippen molar-refractivity contribution in [1.29, 1.82) is 5.26 Å². The summed E-state index contributed by atoms with van der Waals surface area (Å²) in [6.45, 7) is 2.22. The zero-order valence-electron chi connectivity index (χ0n) is 17.7. The van der Waals surface area contributed by atoms with Crippen LogP contribution in [0.15, 0.2) is 66.7 Å². The molecule has 0 aliphatic rings. The number of hydrogen-bond donors (Lipinski definition) is 0. The Balaban J connectivity index is 1.64. The summed E-state index contributed by atoms with van der Waals surface area (Å²) in [7, 11) is 0. The van der Waals surface area contributed by atoms with E-state index in [2.05, 4.69) is 48.8 Å². The Morgan fingerprint density at radius 3 is 1.90 bits per heavy atom. The van der Waals surface area contributed by atoms with E-state index in [9.17, 15) is 4.39 Å². The van der Waals surface area contributed by atoms with Crippen molar-refractivity contribution in [1.82, 2.24) is 0 Å². The SMILES string of the molecule is CCCCCCc1ccc(C#Cc2ccc(C#Cc3ccc(C#N)cc3)cc2F)cc1. The quantitative estimate of drug-likeness (QED) is 0.346. The molecule has 0 saturated heterocycles. The molecule has 0 radical (unpaired) electrons. The molecule has 31 heavy (non-hydrogen) atoms. The molecule has 0 saturated carbocycles. The topological polar surface area (TPSA) is 23.8 Å². The average Bonchev–Trinajstić information content (AvgIpc) is 2.81. The molecule has 3 aromatic rings. The number of nitrogens with zero attached hydrogens (tertiary/aromatic N) is 1. The molecule has 0 bridgehead atoms. The van der Waals surface area contributed by atoms with Crippen LogP contribution >= 0.6 is 0 Å². The minimum atomic E-state index is -0.383. The first-order chi connectivity index (χ1) is 15.2. The van der Waals surface area contributed by atoms with Gasteiger partial charge in [0.05, 0.1) is 17.2 Å². The lowest BCUT2D eigenvalue weighted by molar-refractivity contribution is 0.624. The summed E-state index contributed by atoms with van der Waals surface area (Å²) < 4.78 is 14.4. The van der Waals surface area contributed by atoms with Gasteiger partial charge in [-0.25, -0.2) is 4.39 Å². The summed E-state index contributed by atoms with van der Waals surface area (Å²) in [5, 5.41) is 8.83. The maximum atomic E-state index is 14.4. The maximum absolute atomic E-state index is 14.4. The predicted octanol–water partition coefficient (Wildman–Crippen LogP) is 6.62. The van der Waals surface area contributed by atoms with Gasteiger partial charge < -0.3 is 0 Å². The normalized spacial score (nSPS) is 9.71. The highest BCUT2D eigenvalue weighted by atomic mass is 19.1. The zero-order valence-corrected chi connectivity index (χ0v) is 17.7. The molecule has 0 unspecified atom stereocenters. The molecule has 0 atom stereocenters. The Morgan fingerprint density at radius 2 is 1.26 bits per heavy atom. The molecule has 152 valence electrons. The van der Waals surface area contributed by atoms with Crippen LogP contribution in [0.4, 0.5) is 4.39 Å². The van der Waals surface area contributed by atoms with E-state index in [0.29, 0.717) is 16.7 Å². The standard InChI is InChI=1S/C29H24FN/c1-2-3-4-5-6-23-7-9-25(10-8-23)17-19-28-20-18-26(21-29(28)30)14-11-24-12-15-27(22-31)16-13-24/h7-10,12-13,15-16,18,20-21H,2-6H2,1H3. The third-order valence-electron chi connectivity index (χ3n) is 4.95. The predicted molar refractivity (Wildman–Crippen MR) is 124 cm³/mol. The Bertz CT molecular complexity index is 1170. The van der Waals surface area contributed by atoms with Crippen LogP contribution in [0, 0.1) is 40.8 Å². The second-order valence-electron chi connectivity index (χ2n) is 7.39. The van der Waals surface area contributed by atoms with Gasteiger partial charge in [0.15, 0.2) is 0 Å². The van der Waals surface area contributed by atoms with E-state index in [-0.39, 0.29) is 5.82 Å². The van der Waals surface area contributed by atoms with Crippen LogP contribution in [-0.4, -0.2) is 0 Å². The van der Waals surface area contributed by atoms with Crippen LogP contribution in [0.1, 0.15) is 66.0 Å². The Labute approximate surface area is 184 Å². The van der Waals surface area contributed by atoms with Crippen LogP contribution in [0.2, 0.25) is 0 Å². The molecule has 0 aromatic heterocycles. The van der Waals surface area contributed by atoms with E-state index in [4.69, 9.17) is 5.26 Å². The first kappa shape index (κ1) is 21.9. The molecule has 3 rings (SSSR count). The van der Waals surface area contributed by atoms with Gasteiger partial charge in [0, 0.05) is 16.7 Å². The second-order valence-corrected chi connectivity index (χ2v) is 7.39. The Hall–Kier alpha value is -3.80. The molecule has 0 aliphatic heterocycles. The lowest BCUT2D eigenvalue weighted by atomic mass is 10.0. The first-order valence-corrected chi connectivity index (χ1v) is 10.6. The van der Waals surface area contributed by atoms with Gasteiger partial charge >= 0.3 is 0 Å². The monoisotopic (exact) mass is 405 g/mol. The van der Waals surface area contributed by atoms with E-state index in [0.717, 1.165) is 17.5 Å². The van der Waals surface area contributed by atoms with Crippen LogP contribution < -0.4 is 0 Å². The fraction of sp³-hybridized carbons (Fsp3) is 0.207. The molecular formula is C29H24FN. The van der Waals surface area contributed by atoms with Crippen molar-refractivity contribution in [3.05, 3.63) is 106 Å². The van der Waals surface area contributed by atoms with Crippen molar-refractivity contribution in [3.8, 4) is 29.8 Å². The Kier molecular flexibility index (Phi) is 8.05. The lowest BCUT2D eigenvalue weighted by Gasteiger charge is -2.01. The molecule has 0 fully saturated rings. The van der Waals surface area contributed by atoms with Crippen molar-refractivity contribution in [2.75, 3.05) is 0 Å². The number of hydrogen-bond acceptors (Lipinski definition) is 1. The van der Waals surface area contributed by atoms with Gasteiger partial charge in [0.2, 0.25) is 0 Å². The molecule has 1 nitrogen and oxygen atoms in total. The highest BCUT2D eigenvalue weighted by molar-refractivity contribution is 5.49. The smallest absolute Gasteiger partial charge is 0.140 e. The number of unbranched alkanes of at least 4 members (excludes halogenated alkanes) is 3. The van der Waals surface area contributed by atoms with Crippen molar-refractivity contribution in [2.24, 2.45) is 0 Å². The molecule has 0 heterocycles. The summed E-state index contributed by atoms with van der Waals surface area (Å²) in [4.78, 5) is 0. The third kappa shape index (κ3) is 6.89. The van der Waals surface area contributed by atoms with Crippen molar-refractivity contribution < 1.29 is 4.39 Å².